The summed E-state index contributed by atoms with van der Waals surface area (Å²) in [6, 6.07) is 8.16. The van der Waals surface area contributed by atoms with Gasteiger partial charge in [0.2, 0.25) is 0 Å². The standard InChI is InChI=1S/C16H12N2O4S2/c1-10-7-12(4-5-13(10)18(20)21)22-15(19)8-11-9-24-16(17-11)14-3-2-6-23-14/h2-7,9H,8H2,1H3. The summed E-state index contributed by atoms with van der Waals surface area (Å²) in [6.45, 7) is 1.60. The molecule has 0 spiro atoms. The van der Waals surface area contributed by atoms with E-state index in [2.05, 4.69) is 4.98 Å². The Balaban J connectivity index is 1.66. The number of nitro groups is 1. The first kappa shape index (κ1) is 16.3. The maximum Gasteiger partial charge on any atom is 0.317 e. The number of benzene rings is 1. The molecule has 2 aromatic heterocycles. The molecule has 0 fully saturated rings. The number of nitro benzene ring substituents is 1. The summed E-state index contributed by atoms with van der Waals surface area (Å²) in [5.74, 6) is -0.164. The van der Waals surface area contributed by atoms with Gasteiger partial charge in [0, 0.05) is 17.0 Å². The molecule has 0 amide bonds. The van der Waals surface area contributed by atoms with Crippen LogP contribution in [0.3, 0.4) is 0 Å². The summed E-state index contributed by atoms with van der Waals surface area (Å²) >= 11 is 3.07. The SMILES string of the molecule is Cc1cc(OC(=O)Cc2csc(-c3cccs3)n2)ccc1[N+](=O)[O-]. The zero-order valence-corrected chi connectivity index (χ0v) is 14.2. The number of thiazole rings is 1. The van der Waals surface area contributed by atoms with E-state index in [-0.39, 0.29) is 17.9 Å². The van der Waals surface area contributed by atoms with Gasteiger partial charge in [-0.25, -0.2) is 4.98 Å². The fourth-order valence-electron chi connectivity index (χ4n) is 2.11. The number of aryl methyl sites for hydroxylation is 1. The predicted octanol–water partition coefficient (Wildman–Crippen LogP) is 4.24. The van der Waals surface area contributed by atoms with E-state index in [9.17, 15) is 14.9 Å². The molecule has 0 aliphatic heterocycles. The van der Waals surface area contributed by atoms with E-state index in [1.165, 1.54) is 29.5 Å². The Labute approximate surface area is 145 Å². The van der Waals surface area contributed by atoms with Gasteiger partial charge in [-0.3, -0.25) is 14.9 Å². The number of ether oxygens (including phenoxy) is 1. The second-order valence-electron chi connectivity index (χ2n) is 4.98. The van der Waals surface area contributed by atoms with Crippen LogP contribution in [0.2, 0.25) is 0 Å². The van der Waals surface area contributed by atoms with Crippen molar-refractivity contribution in [2.45, 2.75) is 13.3 Å². The fraction of sp³-hybridized carbons (Fsp3) is 0.125. The minimum Gasteiger partial charge on any atom is -0.426 e. The van der Waals surface area contributed by atoms with Gasteiger partial charge in [0.25, 0.3) is 5.69 Å². The van der Waals surface area contributed by atoms with Gasteiger partial charge in [0.05, 0.1) is 21.9 Å². The minimum atomic E-state index is -0.470. The summed E-state index contributed by atoms with van der Waals surface area (Å²) in [5, 5.41) is 15.5. The van der Waals surface area contributed by atoms with Gasteiger partial charge < -0.3 is 4.74 Å². The van der Waals surface area contributed by atoms with E-state index < -0.39 is 10.9 Å². The normalized spacial score (nSPS) is 10.5. The number of carbonyl (C=O) groups excluding carboxylic acids is 1. The van der Waals surface area contributed by atoms with E-state index in [0.717, 1.165) is 9.88 Å². The third-order valence-corrected chi connectivity index (χ3v) is 5.14. The first-order valence-electron chi connectivity index (χ1n) is 6.97. The van der Waals surface area contributed by atoms with Crippen LogP contribution in [0.1, 0.15) is 11.3 Å². The Morgan fingerprint density at radius 1 is 1.33 bits per heavy atom. The first-order valence-corrected chi connectivity index (χ1v) is 8.73. The quantitative estimate of drug-likeness (QED) is 0.294. The van der Waals surface area contributed by atoms with Crippen LogP contribution >= 0.6 is 22.7 Å². The smallest absolute Gasteiger partial charge is 0.317 e. The lowest BCUT2D eigenvalue weighted by molar-refractivity contribution is -0.385. The van der Waals surface area contributed by atoms with Gasteiger partial charge in [0.15, 0.2) is 0 Å². The van der Waals surface area contributed by atoms with Crippen molar-refractivity contribution in [3.8, 4) is 15.6 Å². The largest absolute Gasteiger partial charge is 0.426 e. The molecule has 0 saturated carbocycles. The van der Waals surface area contributed by atoms with Crippen molar-refractivity contribution in [3.05, 3.63) is 62.5 Å². The van der Waals surface area contributed by atoms with Gasteiger partial charge in [-0.2, -0.15) is 0 Å². The van der Waals surface area contributed by atoms with Crippen LogP contribution in [-0.2, 0) is 11.2 Å². The monoisotopic (exact) mass is 360 g/mol. The van der Waals surface area contributed by atoms with E-state index in [4.69, 9.17) is 4.74 Å². The van der Waals surface area contributed by atoms with Gasteiger partial charge in [0.1, 0.15) is 10.8 Å². The number of carbonyl (C=O) groups is 1. The van der Waals surface area contributed by atoms with Crippen molar-refractivity contribution in [2.24, 2.45) is 0 Å². The summed E-state index contributed by atoms with van der Waals surface area (Å²) in [6.07, 6.45) is 0.0535. The van der Waals surface area contributed by atoms with E-state index in [1.807, 2.05) is 22.9 Å². The van der Waals surface area contributed by atoms with Crippen molar-refractivity contribution < 1.29 is 14.5 Å². The number of hydrogen-bond donors (Lipinski definition) is 0. The lowest BCUT2D eigenvalue weighted by Crippen LogP contribution is -2.11. The Morgan fingerprint density at radius 2 is 2.17 bits per heavy atom. The van der Waals surface area contributed by atoms with Gasteiger partial charge >= 0.3 is 5.97 Å². The molecule has 2 heterocycles. The van der Waals surface area contributed by atoms with Crippen molar-refractivity contribution in [1.29, 1.82) is 0 Å². The highest BCUT2D eigenvalue weighted by Crippen LogP contribution is 2.28. The summed E-state index contributed by atoms with van der Waals surface area (Å²) in [7, 11) is 0. The maximum atomic E-state index is 12.0. The molecule has 0 aliphatic carbocycles. The van der Waals surface area contributed by atoms with Crippen LogP contribution < -0.4 is 4.74 Å². The number of rotatable bonds is 5. The third-order valence-electron chi connectivity index (χ3n) is 3.21. The molecule has 0 atom stereocenters. The molecule has 24 heavy (non-hydrogen) atoms. The zero-order valence-electron chi connectivity index (χ0n) is 12.6. The molecule has 122 valence electrons. The van der Waals surface area contributed by atoms with E-state index >= 15 is 0 Å². The highest BCUT2D eigenvalue weighted by Gasteiger charge is 2.14. The molecular formula is C16H12N2O4S2. The average Bonchev–Trinajstić information content (AvgIpc) is 3.17. The summed E-state index contributed by atoms with van der Waals surface area (Å²) < 4.78 is 5.24. The number of hydrogen-bond acceptors (Lipinski definition) is 7. The van der Waals surface area contributed by atoms with E-state index in [1.54, 1.807) is 18.3 Å². The average molecular weight is 360 g/mol. The number of thiophene rings is 1. The molecule has 8 heteroatoms. The predicted molar refractivity (Wildman–Crippen MR) is 92.6 cm³/mol. The second kappa shape index (κ2) is 6.90. The molecule has 0 saturated heterocycles. The van der Waals surface area contributed by atoms with Gasteiger partial charge in [-0.1, -0.05) is 6.07 Å². The fourth-order valence-corrected chi connectivity index (χ4v) is 3.75. The number of aromatic nitrogens is 1. The lowest BCUT2D eigenvalue weighted by Gasteiger charge is -2.04. The molecule has 6 nitrogen and oxygen atoms in total. The number of nitrogens with zero attached hydrogens (tertiary/aromatic N) is 2. The van der Waals surface area contributed by atoms with Gasteiger partial charge in [-0.05, 0) is 30.5 Å². The van der Waals surface area contributed by atoms with Crippen LogP contribution in [0.5, 0.6) is 5.75 Å². The zero-order chi connectivity index (χ0) is 17.1. The molecule has 0 radical (unpaired) electrons. The maximum absolute atomic E-state index is 12.0. The lowest BCUT2D eigenvalue weighted by atomic mass is 10.2. The molecular weight excluding hydrogens is 348 g/mol. The highest BCUT2D eigenvalue weighted by molar-refractivity contribution is 7.20. The molecule has 3 aromatic rings. The Bertz CT molecular complexity index is 887. The topological polar surface area (TPSA) is 82.3 Å². The number of esters is 1. The van der Waals surface area contributed by atoms with Crippen LogP contribution in [0.4, 0.5) is 5.69 Å². The van der Waals surface area contributed by atoms with E-state index in [0.29, 0.717) is 11.3 Å². The Kier molecular flexibility index (Phi) is 4.68. The van der Waals surface area contributed by atoms with Crippen LogP contribution in [0, 0.1) is 17.0 Å². The minimum absolute atomic E-state index is 0.00473. The van der Waals surface area contributed by atoms with Crippen molar-refractivity contribution in [2.75, 3.05) is 0 Å². The third kappa shape index (κ3) is 3.66. The Hall–Kier alpha value is -2.58. The second-order valence-corrected chi connectivity index (χ2v) is 6.78. The van der Waals surface area contributed by atoms with Gasteiger partial charge in [-0.15, -0.1) is 22.7 Å². The molecule has 0 bridgehead atoms. The highest BCUT2D eigenvalue weighted by atomic mass is 32.1. The summed E-state index contributed by atoms with van der Waals surface area (Å²) in [4.78, 5) is 27.8. The van der Waals surface area contributed by atoms with Crippen LogP contribution in [0.25, 0.3) is 9.88 Å². The molecule has 1 aromatic carbocycles. The molecule has 0 N–H and O–H groups in total. The first-order chi connectivity index (χ1) is 11.5. The van der Waals surface area contributed by atoms with Crippen molar-refractivity contribution in [1.82, 2.24) is 4.98 Å². The van der Waals surface area contributed by atoms with Crippen molar-refractivity contribution in [3.63, 3.8) is 0 Å². The summed E-state index contributed by atoms with van der Waals surface area (Å²) in [5.41, 5.74) is 1.08. The Morgan fingerprint density at radius 3 is 2.83 bits per heavy atom. The van der Waals surface area contributed by atoms with Crippen molar-refractivity contribution >= 4 is 34.3 Å². The van der Waals surface area contributed by atoms with Crippen LogP contribution in [0.15, 0.2) is 41.1 Å². The molecule has 3 rings (SSSR count). The van der Waals surface area contributed by atoms with Crippen LogP contribution in [-0.4, -0.2) is 15.9 Å². The molecule has 0 unspecified atom stereocenters. The molecule has 0 aliphatic rings.